The number of carbonyl (C=O) groups excluding carboxylic acids is 2. The fraction of sp³-hybridized carbons (Fsp3) is 0.500. The predicted molar refractivity (Wildman–Crippen MR) is 128 cm³/mol. The van der Waals surface area contributed by atoms with E-state index in [0.29, 0.717) is 17.7 Å². The van der Waals surface area contributed by atoms with Crippen LogP contribution in [0.2, 0.25) is 0 Å². The molecule has 3 heterocycles. The summed E-state index contributed by atoms with van der Waals surface area (Å²) in [7, 11) is 2.15. The van der Waals surface area contributed by atoms with Crippen molar-refractivity contribution in [1.29, 1.82) is 0 Å². The van der Waals surface area contributed by atoms with E-state index < -0.39 is 0 Å². The Bertz CT molecular complexity index is 984. The number of benzene rings is 1. The van der Waals surface area contributed by atoms with E-state index in [0.717, 1.165) is 60.3 Å². The maximum absolute atomic E-state index is 13.7. The van der Waals surface area contributed by atoms with E-state index in [2.05, 4.69) is 36.0 Å². The number of aryl methyl sites for hydroxylation is 1. The largest absolute Gasteiger partial charge is 0.320 e. The molecule has 0 aliphatic carbocycles. The third kappa shape index (κ3) is 4.40. The van der Waals surface area contributed by atoms with Crippen molar-refractivity contribution in [2.45, 2.75) is 39.5 Å². The summed E-state index contributed by atoms with van der Waals surface area (Å²) in [4.78, 5) is 35.4. The first-order chi connectivity index (χ1) is 14.9. The summed E-state index contributed by atoms with van der Waals surface area (Å²) in [5, 5.41) is 3.05. The fourth-order valence-corrected chi connectivity index (χ4v) is 5.63. The first-order valence-electron chi connectivity index (χ1n) is 11.1. The van der Waals surface area contributed by atoms with E-state index in [1.807, 2.05) is 31.2 Å². The lowest BCUT2D eigenvalue weighted by Gasteiger charge is -2.26. The minimum atomic E-state index is -0.124. The van der Waals surface area contributed by atoms with E-state index in [1.54, 1.807) is 16.2 Å². The van der Waals surface area contributed by atoms with Crippen LogP contribution in [0.4, 0.5) is 17.1 Å². The monoisotopic (exact) mass is 440 g/mol. The fourth-order valence-electron chi connectivity index (χ4n) is 4.48. The number of para-hydroxylation sites is 2. The second-order valence-corrected chi connectivity index (χ2v) is 10.1. The van der Waals surface area contributed by atoms with Crippen LogP contribution >= 0.6 is 11.3 Å². The molecule has 166 valence electrons. The standard InChI is InChI=1S/C24H32N4O2S/c1-16(2)23-21-22(17(3)31-23)28(19-9-6-5-8-18(19)25-24(21)30)20(29)10-13-27-12-7-11-26(4)14-15-27/h5-6,8-9,16H,7,10-15H2,1-4H3,(H,25,30). The van der Waals surface area contributed by atoms with Gasteiger partial charge in [0.1, 0.15) is 0 Å². The van der Waals surface area contributed by atoms with Gasteiger partial charge < -0.3 is 15.1 Å². The zero-order valence-corrected chi connectivity index (χ0v) is 19.7. The smallest absolute Gasteiger partial charge is 0.259 e. The molecule has 4 rings (SSSR count). The van der Waals surface area contributed by atoms with Crippen molar-refractivity contribution >= 4 is 40.2 Å². The van der Waals surface area contributed by atoms with Crippen molar-refractivity contribution in [1.82, 2.24) is 9.80 Å². The number of rotatable bonds is 4. The van der Waals surface area contributed by atoms with E-state index in [4.69, 9.17) is 0 Å². The number of amides is 2. The van der Waals surface area contributed by atoms with Gasteiger partial charge in [0, 0.05) is 35.8 Å². The average molecular weight is 441 g/mol. The molecule has 1 saturated heterocycles. The van der Waals surface area contributed by atoms with Gasteiger partial charge in [-0.05, 0) is 51.5 Å². The van der Waals surface area contributed by atoms with Gasteiger partial charge in [-0.3, -0.25) is 14.5 Å². The number of fused-ring (bicyclic) bond motifs is 2. The van der Waals surface area contributed by atoms with E-state index >= 15 is 0 Å². The van der Waals surface area contributed by atoms with Crippen LogP contribution in [0, 0.1) is 6.92 Å². The second kappa shape index (κ2) is 9.10. The van der Waals surface area contributed by atoms with Gasteiger partial charge in [0.15, 0.2) is 0 Å². The number of nitrogens with one attached hydrogen (secondary N) is 1. The summed E-state index contributed by atoms with van der Waals surface area (Å²) in [6.07, 6.45) is 1.55. The molecule has 2 aliphatic rings. The first kappa shape index (κ1) is 22.0. The molecule has 2 aromatic rings. The Hall–Kier alpha value is -2.22. The van der Waals surface area contributed by atoms with Crippen LogP contribution in [-0.4, -0.2) is 61.4 Å². The SMILES string of the molecule is Cc1sc(C(C)C)c2c1N(C(=O)CCN1CCCN(C)CC1)c1ccccc1NC2=O. The topological polar surface area (TPSA) is 55.9 Å². The lowest BCUT2D eigenvalue weighted by molar-refractivity contribution is -0.118. The molecule has 0 saturated carbocycles. The highest BCUT2D eigenvalue weighted by Gasteiger charge is 2.35. The maximum Gasteiger partial charge on any atom is 0.259 e. The van der Waals surface area contributed by atoms with E-state index in [1.165, 1.54) is 0 Å². The number of hydrogen-bond acceptors (Lipinski definition) is 5. The van der Waals surface area contributed by atoms with Crippen LogP contribution in [0.1, 0.15) is 52.7 Å². The lowest BCUT2D eigenvalue weighted by Crippen LogP contribution is -2.34. The molecule has 1 aromatic carbocycles. The summed E-state index contributed by atoms with van der Waals surface area (Å²) < 4.78 is 0. The van der Waals surface area contributed by atoms with Crippen LogP contribution in [0.5, 0.6) is 0 Å². The number of anilines is 3. The Morgan fingerprint density at radius 3 is 2.71 bits per heavy atom. The quantitative estimate of drug-likeness (QED) is 0.764. The minimum Gasteiger partial charge on any atom is -0.320 e. The van der Waals surface area contributed by atoms with Crippen molar-refractivity contribution in [3.05, 3.63) is 39.6 Å². The van der Waals surface area contributed by atoms with Crippen LogP contribution in [0.3, 0.4) is 0 Å². The van der Waals surface area contributed by atoms with E-state index in [9.17, 15) is 9.59 Å². The number of likely N-dealkylation sites (N-methyl/N-ethyl adjacent to an activating group) is 1. The molecular weight excluding hydrogens is 408 g/mol. The summed E-state index contributed by atoms with van der Waals surface area (Å²) in [5.74, 6) is 0.130. The Morgan fingerprint density at radius 1 is 1.16 bits per heavy atom. The molecular formula is C24H32N4O2S. The normalized spacial score (nSPS) is 17.7. The summed E-state index contributed by atoms with van der Waals surface area (Å²) in [6.45, 7) is 11.1. The van der Waals surface area contributed by atoms with Crippen molar-refractivity contribution in [3.8, 4) is 0 Å². The molecule has 0 unspecified atom stereocenters. The van der Waals surface area contributed by atoms with Crippen LogP contribution in [0.15, 0.2) is 24.3 Å². The maximum atomic E-state index is 13.7. The number of carbonyl (C=O) groups is 2. The molecule has 0 spiro atoms. The minimum absolute atomic E-state index is 0.0407. The summed E-state index contributed by atoms with van der Waals surface area (Å²) in [6, 6.07) is 7.61. The molecule has 2 amide bonds. The van der Waals surface area contributed by atoms with E-state index in [-0.39, 0.29) is 17.7 Å². The van der Waals surface area contributed by atoms with Crippen molar-refractivity contribution in [3.63, 3.8) is 0 Å². The van der Waals surface area contributed by atoms with Gasteiger partial charge in [0.25, 0.3) is 5.91 Å². The summed E-state index contributed by atoms with van der Waals surface area (Å²) >= 11 is 1.63. The Morgan fingerprint density at radius 2 is 1.94 bits per heavy atom. The number of thiophene rings is 1. The zero-order valence-electron chi connectivity index (χ0n) is 18.9. The highest BCUT2D eigenvalue weighted by atomic mass is 32.1. The number of nitrogens with zero attached hydrogens (tertiary/aromatic N) is 3. The van der Waals surface area contributed by atoms with Gasteiger partial charge in [-0.15, -0.1) is 11.3 Å². The molecule has 0 radical (unpaired) electrons. The molecule has 31 heavy (non-hydrogen) atoms. The van der Waals surface area contributed by atoms with Gasteiger partial charge in [-0.2, -0.15) is 0 Å². The van der Waals surface area contributed by atoms with Crippen LogP contribution in [0.25, 0.3) is 0 Å². The molecule has 1 N–H and O–H groups in total. The van der Waals surface area contributed by atoms with Crippen molar-refractivity contribution in [2.75, 3.05) is 50.0 Å². The second-order valence-electron chi connectivity index (χ2n) is 8.85. The van der Waals surface area contributed by atoms with Crippen LogP contribution < -0.4 is 10.2 Å². The predicted octanol–water partition coefficient (Wildman–Crippen LogP) is 4.44. The molecule has 1 fully saturated rings. The van der Waals surface area contributed by atoms with Gasteiger partial charge in [-0.1, -0.05) is 26.0 Å². The highest BCUT2D eigenvalue weighted by Crippen LogP contribution is 2.46. The molecule has 2 aliphatic heterocycles. The van der Waals surface area contributed by atoms with Gasteiger partial charge in [0.05, 0.1) is 22.6 Å². The van der Waals surface area contributed by atoms with Crippen LogP contribution in [-0.2, 0) is 4.79 Å². The first-order valence-corrected chi connectivity index (χ1v) is 12.0. The van der Waals surface area contributed by atoms with Crippen molar-refractivity contribution in [2.24, 2.45) is 0 Å². The third-order valence-corrected chi connectivity index (χ3v) is 7.55. The Balaban J connectivity index is 1.68. The summed E-state index contributed by atoms with van der Waals surface area (Å²) in [5.41, 5.74) is 2.86. The van der Waals surface area contributed by atoms with Gasteiger partial charge >= 0.3 is 0 Å². The Labute approximate surface area is 188 Å². The average Bonchev–Trinajstić information content (AvgIpc) is 2.86. The molecule has 0 bridgehead atoms. The molecule has 7 heteroatoms. The highest BCUT2D eigenvalue weighted by molar-refractivity contribution is 7.13. The number of hydrogen-bond donors (Lipinski definition) is 1. The zero-order chi connectivity index (χ0) is 22.1. The van der Waals surface area contributed by atoms with Gasteiger partial charge in [-0.25, -0.2) is 0 Å². The third-order valence-electron chi connectivity index (χ3n) is 6.15. The van der Waals surface area contributed by atoms with Crippen molar-refractivity contribution < 1.29 is 9.59 Å². The molecule has 0 atom stereocenters. The van der Waals surface area contributed by atoms with Gasteiger partial charge in [0.2, 0.25) is 5.91 Å². The molecule has 6 nitrogen and oxygen atoms in total. The lowest BCUT2D eigenvalue weighted by atomic mass is 10.0. The molecule has 1 aromatic heterocycles. The Kier molecular flexibility index (Phi) is 6.46.